The van der Waals surface area contributed by atoms with E-state index < -0.39 is 63.2 Å². The number of benzene rings is 2. The summed E-state index contributed by atoms with van der Waals surface area (Å²) >= 11 is 0. The van der Waals surface area contributed by atoms with Gasteiger partial charge in [-0.15, -0.1) is 0 Å². The zero-order chi connectivity index (χ0) is 26.4. The quantitative estimate of drug-likeness (QED) is 0.229. The Kier molecular flexibility index (Phi) is 6.16. The highest BCUT2D eigenvalue weighted by atomic mass is 19.4. The maximum Gasteiger partial charge on any atom is 0.419 e. The number of pyridine rings is 2. The summed E-state index contributed by atoms with van der Waals surface area (Å²) in [5, 5.41) is 11.5. The molecular formula is C23H14F6N2O5. The molecule has 0 atom stereocenters. The van der Waals surface area contributed by atoms with Crippen LogP contribution in [0, 0.1) is 22.7 Å². The predicted octanol–water partition coefficient (Wildman–Crippen LogP) is 5.07. The highest BCUT2D eigenvalue weighted by Gasteiger charge is 2.36. The van der Waals surface area contributed by atoms with Crippen LogP contribution in [0.25, 0.3) is 22.2 Å². The van der Waals surface area contributed by atoms with Crippen LogP contribution in [0.4, 0.5) is 26.3 Å². The van der Waals surface area contributed by atoms with Crippen molar-refractivity contribution in [3.8, 4) is 34.3 Å². The minimum atomic E-state index is -5.15. The van der Waals surface area contributed by atoms with Gasteiger partial charge in [-0.3, -0.25) is 4.79 Å². The van der Waals surface area contributed by atoms with E-state index in [2.05, 4.69) is 4.98 Å². The van der Waals surface area contributed by atoms with Gasteiger partial charge in [0.25, 0.3) is 0 Å². The number of methoxy groups -OCH3 is 2. The normalized spacial score (nSPS) is 11.6. The van der Waals surface area contributed by atoms with Gasteiger partial charge >= 0.3 is 6.18 Å². The molecule has 0 unspecified atom stereocenters. The third-order valence-electron chi connectivity index (χ3n) is 5.16. The highest BCUT2D eigenvalue weighted by Crippen LogP contribution is 2.44. The molecule has 0 fully saturated rings. The molecule has 0 aliphatic rings. The van der Waals surface area contributed by atoms with E-state index in [1.807, 2.05) is 0 Å². The van der Waals surface area contributed by atoms with Gasteiger partial charge in [-0.05, 0) is 24.3 Å². The lowest BCUT2D eigenvalue weighted by atomic mass is 10.0. The maximum absolute atomic E-state index is 14.6. The molecule has 0 aliphatic carbocycles. The maximum atomic E-state index is 14.6. The first-order valence-electron chi connectivity index (χ1n) is 9.90. The molecular weight excluding hydrogens is 498 g/mol. The number of fused-ring (bicyclic) bond motifs is 1. The Bertz CT molecular complexity index is 1550. The summed E-state index contributed by atoms with van der Waals surface area (Å²) in [6.45, 7) is 0. The number of H-pyrrole nitrogens is 1. The summed E-state index contributed by atoms with van der Waals surface area (Å²) in [7, 11) is 2.05. The minimum absolute atomic E-state index is 0.0690. The number of alkyl halides is 3. The van der Waals surface area contributed by atoms with E-state index in [-0.39, 0.29) is 16.6 Å². The fourth-order valence-corrected chi connectivity index (χ4v) is 3.53. The van der Waals surface area contributed by atoms with Crippen LogP contribution < -0.4 is 24.4 Å². The molecule has 2 aromatic heterocycles. The number of ether oxygens (including phenoxy) is 3. The van der Waals surface area contributed by atoms with Gasteiger partial charge in [0.15, 0.2) is 29.7 Å². The van der Waals surface area contributed by atoms with Crippen molar-refractivity contribution in [1.29, 1.82) is 0 Å². The van der Waals surface area contributed by atoms with Crippen LogP contribution in [-0.4, -0.2) is 19.2 Å². The van der Waals surface area contributed by atoms with E-state index in [0.717, 1.165) is 32.7 Å². The molecule has 4 aromatic rings. The molecule has 0 bridgehead atoms. The van der Waals surface area contributed by atoms with Crippen LogP contribution in [0.1, 0.15) is 5.56 Å². The number of hydrogen-bond donors (Lipinski definition) is 1. The van der Waals surface area contributed by atoms with Crippen LogP contribution in [0.15, 0.2) is 47.5 Å². The van der Waals surface area contributed by atoms with E-state index in [0.29, 0.717) is 22.9 Å². The third kappa shape index (κ3) is 4.23. The molecule has 1 N–H and O–H groups in total. The molecule has 188 valence electrons. The van der Waals surface area contributed by atoms with Crippen molar-refractivity contribution in [1.82, 2.24) is 4.98 Å². The Morgan fingerprint density at radius 3 is 2.28 bits per heavy atom. The lowest BCUT2D eigenvalue weighted by molar-refractivity contribution is -0.603. The average molecular weight is 512 g/mol. The fourth-order valence-electron chi connectivity index (χ4n) is 3.53. The molecule has 2 heterocycles. The standard InChI is InChI=1S/C23H14F6N2O5/c1-34-21-16(4-3-13(24)18(21)26)36-17-8-12(23(27,28)29)14(25)7-10(17)19-22(35-2)20(32)11-9-31(33)6-5-15(11)30-19/h3-9H,1-2H3,(H,30,32). The van der Waals surface area contributed by atoms with E-state index in [1.165, 1.54) is 6.07 Å². The van der Waals surface area contributed by atoms with E-state index >= 15 is 0 Å². The summed E-state index contributed by atoms with van der Waals surface area (Å²) in [5.74, 6) is -6.98. The van der Waals surface area contributed by atoms with Crippen LogP contribution in [0.2, 0.25) is 0 Å². The van der Waals surface area contributed by atoms with Gasteiger partial charge in [-0.2, -0.15) is 22.3 Å². The number of halogens is 6. The fraction of sp³-hybridized carbons (Fsp3) is 0.130. The summed E-state index contributed by atoms with van der Waals surface area (Å²) in [6.07, 6.45) is -3.16. The molecule has 0 saturated carbocycles. The summed E-state index contributed by atoms with van der Waals surface area (Å²) in [4.78, 5) is 15.7. The number of aromatic nitrogens is 2. The van der Waals surface area contributed by atoms with Crippen molar-refractivity contribution < 1.29 is 45.3 Å². The summed E-state index contributed by atoms with van der Waals surface area (Å²) in [5.41, 5.74) is -3.22. The number of aromatic amines is 1. The van der Waals surface area contributed by atoms with Crippen molar-refractivity contribution in [2.45, 2.75) is 6.18 Å². The van der Waals surface area contributed by atoms with Gasteiger partial charge in [-0.25, -0.2) is 8.78 Å². The Morgan fingerprint density at radius 2 is 1.64 bits per heavy atom. The number of rotatable bonds is 5. The minimum Gasteiger partial charge on any atom is -0.619 e. The van der Waals surface area contributed by atoms with Crippen molar-refractivity contribution in [2.75, 3.05) is 14.2 Å². The van der Waals surface area contributed by atoms with Crippen LogP contribution in [-0.2, 0) is 6.18 Å². The van der Waals surface area contributed by atoms with Gasteiger partial charge in [0.05, 0.1) is 31.0 Å². The Labute approximate surface area is 197 Å². The lowest BCUT2D eigenvalue weighted by Crippen LogP contribution is -2.26. The van der Waals surface area contributed by atoms with E-state index in [4.69, 9.17) is 14.2 Å². The van der Waals surface area contributed by atoms with Crippen LogP contribution in [0.3, 0.4) is 0 Å². The Balaban J connectivity index is 2.04. The topological polar surface area (TPSA) is 87.5 Å². The number of nitrogens with one attached hydrogen (secondary N) is 1. The van der Waals surface area contributed by atoms with Crippen molar-refractivity contribution in [2.24, 2.45) is 0 Å². The molecule has 0 amide bonds. The van der Waals surface area contributed by atoms with Gasteiger partial charge in [-0.1, -0.05) is 0 Å². The first-order chi connectivity index (χ1) is 17.0. The third-order valence-corrected chi connectivity index (χ3v) is 5.16. The smallest absolute Gasteiger partial charge is 0.419 e. The zero-order valence-corrected chi connectivity index (χ0v) is 18.3. The molecule has 0 saturated heterocycles. The first kappa shape index (κ1) is 24.7. The molecule has 0 aliphatic heterocycles. The van der Waals surface area contributed by atoms with E-state index in [1.54, 1.807) is 0 Å². The highest BCUT2D eigenvalue weighted by molar-refractivity contribution is 5.85. The molecule has 36 heavy (non-hydrogen) atoms. The zero-order valence-electron chi connectivity index (χ0n) is 18.3. The van der Waals surface area contributed by atoms with Crippen molar-refractivity contribution in [3.63, 3.8) is 0 Å². The van der Waals surface area contributed by atoms with Crippen molar-refractivity contribution >= 4 is 10.9 Å². The molecule has 0 radical (unpaired) electrons. The monoisotopic (exact) mass is 512 g/mol. The molecule has 2 aromatic carbocycles. The second kappa shape index (κ2) is 8.98. The second-order valence-corrected chi connectivity index (χ2v) is 7.32. The van der Waals surface area contributed by atoms with E-state index in [9.17, 15) is 36.3 Å². The number of nitrogens with zero attached hydrogens (tertiary/aromatic N) is 1. The van der Waals surface area contributed by atoms with Gasteiger partial charge < -0.3 is 24.4 Å². The summed E-state index contributed by atoms with van der Waals surface area (Å²) in [6, 6.07) is 3.50. The lowest BCUT2D eigenvalue weighted by Gasteiger charge is -2.18. The molecule has 13 heteroatoms. The van der Waals surface area contributed by atoms with Gasteiger partial charge in [0.2, 0.25) is 17.0 Å². The van der Waals surface area contributed by atoms with Crippen molar-refractivity contribution in [3.05, 3.63) is 81.2 Å². The molecule has 0 spiro atoms. The Hall–Kier alpha value is -4.42. The average Bonchev–Trinajstić information content (AvgIpc) is 2.82. The SMILES string of the molecule is COc1c(Oc2cc(C(F)(F)F)c(F)cc2-c2[nH]c3cc[n+]([O-])cc3c(=O)c2OC)ccc(F)c1F. The van der Waals surface area contributed by atoms with Crippen LogP contribution >= 0.6 is 0 Å². The predicted molar refractivity (Wildman–Crippen MR) is 113 cm³/mol. The molecule has 4 rings (SSSR count). The first-order valence-corrected chi connectivity index (χ1v) is 9.90. The van der Waals surface area contributed by atoms with Gasteiger partial charge in [0.1, 0.15) is 17.0 Å². The number of hydrogen-bond acceptors (Lipinski definition) is 5. The largest absolute Gasteiger partial charge is 0.619 e. The van der Waals surface area contributed by atoms with Crippen LogP contribution in [0.5, 0.6) is 23.0 Å². The molecule has 7 nitrogen and oxygen atoms in total. The summed E-state index contributed by atoms with van der Waals surface area (Å²) < 4.78 is 98.6. The second-order valence-electron chi connectivity index (χ2n) is 7.32. The Morgan fingerprint density at radius 1 is 0.944 bits per heavy atom. The van der Waals surface area contributed by atoms with Gasteiger partial charge in [0, 0.05) is 11.6 Å².